The van der Waals surface area contributed by atoms with Crippen LogP contribution in [0.5, 0.6) is 5.75 Å². The van der Waals surface area contributed by atoms with Gasteiger partial charge in [0.15, 0.2) is 5.76 Å². The second-order valence-electron chi connectivity index (χ2n) is 5.09. The first-order valence-electron chi connectivity index (χ1n) is 6.96. The van der Waals surface area contributed by atoms with Crippen LogP contribution in [-0.4, -0.2) is 29.9 Å². The highest BCUT2D eigenvalue weighted by atomic mass is 16.5. The lowest BCUT2D eigenvalue weighted by atomic mass is 10.2. The van der Waals surface area contributed by atoms with Gasteiger partial charge in [-0.05, 0) is 25.1 Å². The zero-order valence-corrected chi connectivity index (χ0v) is 12.2. The summed E-state index contributed by atoms with van der Waals surface area (Å²) < 4.78 is 11.2. The van der Waals surface area contributed by atoms with Crippen LogP contribution < -0.4 is 10.1 Å². The Bertz CT molecular complexity index is 693. The van der Waals surface area contributed by atoms with Gasteiger partial charge in [-0.2, -0.15) is 0 Å². The maximum absolute atomic E-state index is 12.3. The van der Waals surface area contributed by atoms with Gasteiger partial charge in [-0.25, -0.2) is 0 Å². The SMILES string of the molecule is Cc1cc(COc2ccccc2)oc1C(=O)N1CNC(=O)C1. The molecule has 1 aliphatic rings. The highest BCUT2D eigenvalue weighted by Gasteiger charge is 2.28. The fraction of sp³-hybridized carbons (Fsp3) is 0.250. The number of aryl methyl sites for hydroxylation is 1. The van der Waals surface area contributed by atoms with Gasteiger partial charge in [0.1, 0.15) is 24.7 Å². The molecule has 1 aliphatic heterocycles. The van der Waals surface area contributed by atoms with Crippen LogP contribution in [0.2, 0.25) is 0 Å². The van der Waals surface area contributed by atoms with E-state index in [1.54, 1.807) is 13.0 Å². The Morgan fingerprint density at radius 3 is 2.82 bits per heavy atom. The molecule has 1 aromatic carbocycles. The van der Waals surface area contributed by atoms with Crippen LogP contribution in [0.1, 0.15) is 21.9 Å². The number of ether oxygens (including phenoxy) is 1. The van der Waals surface area contributed by atoms with Gasteiger partial charge in [-0.1, -0.05) is 18.2 Å². The summed E-state index contributed by atoms with van der Waals surface area (Å²) in [5.41, 5.74) is 0.732. The normalized spacial score (nSPS) is 14.0. The molecule has 0 unspecified atom stereocenters. The van der Waals surface area contributed by atoms with Crippen LogP contribution in [0.25, 0.3) is 0 Å². The molecule has 1 aromatic heterocycles. The zero-order valence-electron chi connectivity index (χ0n) is 12.2. The summed E-state index contributed by atoms with van der Waals surface area (Å²) in [6.45, 7) is 2.33. The first-order chi connectivity index (χ1) is 10.6. The van der Waals surface area contributed by atoms with Crippen LogP contribution in [-0.2, 0) is 11.4 Å². The maximum Gasteiger partial charge on any atom is 0.291 e. The Balaban J connectivity index is 1.68. The lowest BCUT2D eigenvalue weighted by Crippen LogP contribution is -2.29. The van der Waals surface area contributed by atoms with Crippen LogP contribution in [0, 0.1) is 6.92 Å². The lowest BCUT2D eigenvalue weighted by molar-refractivity contribution is -0.118. The van der Waals surface area contributed by atoms with Crippen molar-refractivity contribution in [3.05, 3.63) is 53.5 Å². The number of carbonyl (C=O) groups is 2. The second kappa shape index (κ2) is 5.93. The molecular formula is C16H16N2O4. The molecule has 114 valence electrons. The molecule has 0 radical (unpaired) electrons. The molecule has 0 spiro atoms. The highest BCUT2D eigenvalue weighted by Crippen LogP contribution is 2.19. The van der Waals surface area contributed by atoms with E-state index < -0.39 is 0 Å². The van der Waals surface area contributed by atoms with Crippen molar-refractivity contribution in [2.75, 3.05) is 13.2 Å². The van der Waals surface area contributed by atoms with E-state index in [1.165, 1.54) is 4.90 Å². The molecule has 1 N–H and O–H groups in total. The van der Waals surface area contributed by atoms with Gasteiger partial charge in [-0.15, -0.1) is 0 Å². The quantitative estimate of drug-likeness (QED) is 0.933. The van der Waals surface area contributed by atoms with Gasteiger partial charge in [0, 0.05) is 5.56 Å². The lowest BCUT2D eigenvalue weighted by Gasteiger charge is -2.11. The average Bonchev–Trinajstić information content (AvgIpc) is 3.12. The number of benzene rings is 1. The summed E-state index contributed by atoms with van der Waals surface area (Å²) >= 11 is 0. The number of rotatable bonds is 4. The third kappa shape index (κ3) is 2.95. The summed E-state index contributed by atoms with van der Waals surface area (Å²) in [5, 5.41) is 2.59. The van der Waals surface area contributed by atoms with Gasteiger partial charge >= 0.3 is 0 Å². The van der Waals surface area contributed by atoms with E-state index in [2.05, 4.69) is 5.32 Å². The summed E-state index contributed by atoms with van der Waals surface area (Å²) in [6, 6.07) is 11.2. The number of nitrogens with one attached hydrogen (secondary N) is 1. The van der Waals surface area contributed by atoms with Gasteiger partial charge < -0.3 is 19.4 Å². The fourth-order valence-corrected chi connectivity index (χ4v) is 2.26. The van der Waals surface area contributed by atoms with Gasteiger partial charge in [-0.3, -0.25) is 9.59 Å². The molecule has 0 aliphatic carbocycles. The number of carbonyl (C=O) groups excluding carboxylic acids is 2. The molecular weight excluding hydrogens is 284 g/mol. The third-order valence-corrected chi connectivity index (χ3v) is 3.38. The Morgan fingerprint density at radius 2 is 2.14 bits per heavy atom. The Morgan fingerprint density at radius 1 is 1.36 bits per heavy atom. The fourth-order valence-electron chi connectivity index (χ4n) is 2.26. The predicted molar refractivity (Wildman–Crippen MR) is 78.3 cm³/mol. The minimum Gasteiger partial charge on any atom is -0.486 e. The Kier molecular flexibility index (Phi) is 3.82. The summed E-state index contributed by atoms with van der Waals surface area (Å²) in [6.07, 6.45) is 0. The predicted octanol–water partition coefficient (Wildman–Crippen LogP) is 1.70. The van der Waals surface area contributed by atoms with E-state index in [0.29, 0.717) is 5.76 Å². The number of nitrogens with zero attached hydrogens (tertiary/aromatic N) is 1. The summed E-state index contributed by atoms with van der Waals surface area (Å²) in [7, 11) is 0. The summed E-state index contributed by atoms with van der Waals surface area (Å²) in [4.78, 5) is 24.9. The van der Waals surface area contributed by atoms with Crippen molar-refractivity contribution in [2.24, 2.45) is 0 Å². The van der Waals surface area contributed by atoms with Crippen LogP contribution >= 0.6 is 0 Å². The monoisotopic (exact) mass is 300 g/mol. The number of hydrogen-bond donors (Lipinski definition) is 1. The minimum atomic E-state index is -0.290. The van der Waals surface area contributed by atoms with E-state index in [9.17, 15) is 9.59 Å². The van der Waals surface area contributed by atoms with E-state index in [4.69, 9.17) is 9.15 Å². The molecule has 0 atom stereocenters. The van der Waals surface area contributed by atoms with Crippen LogP contribution in [0.3, 0.4) is 0 Å². The van der Waals surface area contributed by atoms with Crippen LogP contribution in [0.15, 0.2) is 40.8 Å². The van der Waals surface area contributed by atoms with Crippen molar-refractivity contribution in [1.29, 1.82) is 0 Å². The zero-order chi connectivity index (χ0) is 15.5. The first kappa shape index (κ1) is 14.2. The van der Waals surface area contributed by atoms with E-state index in [-0.39, 0.29) is 37.4 Å². The molecule has 0 bridgehead atoms. The smallest absolute Gasteiger partial charge is 0.291 e. The maximum atomic E-state index is 12.3. The summed E-state index contributed by atoms with van der Waals surface area (Å²) in [5.74, 6) is 1.11. The molecule has 22 heavy (non-hydrogen) atoms. The molecule has 3 rings (SSSR count). The van der Waals surface area contributed by atoms with Gasteiger partial charge in [0.05, 0.1) is 6.67 Å². The van der Waals surface area contributed by atoms with Gasteiger partial charge in [0.25, 0.3) is 5.91 Å². The highest BCUT2D eigenvalue weighted by molar-refractivity contribution is 5.97. The van der Waals surface area contributed by atoms with E-state index >= 15 is 0 Å². The number of amides is 2. The molecule has 6 heteroatoms. The molecule has 6 nitrogen and oxygen atoms in total. The van der Waals surface area contributed by atoms with Crippen LogP contribution in [0.4, 0.5) is 0 Å². The topological polar surface area (TPSA) is 71.8 Å². The first-order valence-corrected chi connectivity index (χ1v) is 6.96. The number of para-hydroxylation sites is 1. The van der Waals surface area contributed by atoms with E-state index in [1.807, 2.05) is 30.3 Å². The molecule has 2 heterocycles. The standard InChI is InChI=1S/C16H16N2O4/c1-11-7-13(9-21-12-5-3-2-4-6-12)22-15(11)16(20)18-8-14(19)17-10-18/h2-7H,8-10H2,1H3,(H,17,19). The van der Waals surface area contributed by atoms with E-state index in [0.717, 1.165) is 11.3 Å². The second-order valence-corrected chi connectivity index (χ2v) is 5.09. The number of furan rings is 1. The average molecular weight is 300 g/mol. The van der Waals surface area contributed by atoms with Crippen molar-refractivity contribution >= 4 is 11.8 Å². The Hall–Kier alpha value is -2.76. The van der Waals surface area contributed by atoms with Crippen molar-refractivity contribution in [3.63, 3.8) is 0 Å². The molecule has 1 fully saturated rings. The van der Waals surface area contributed by atoms with Gasteiger partial charge in [0.2, 0.25) is 5.91 Å². The van der Waals surface area contributed by atoms with Crippen molar-refractivity contribution < 1.29 is 18.7 Å². The molecule has 1 saturated heterocycles. The third-order valence-electron chi connectivity index (χ3n) is 3.38. The van der Waals surface area contributed by atoms with Crippen molar-refractivity contribution in [1.82, 2.24) is 10.2 Å². The Labute approximate surface area is 127 Å². The molecule has 0 saturated carbocycles. The number of hydrogen-bond acceptors (Lipinski definition) is 4. The largest absolute Gasteiger partial charge is 0.486 e. The van der Waals surface area contributed by atoms with Crippen molar-refractivity contribution in [2.45, 2.75) is 13.5 Å². The molecule has 2 amide bonds. The molecule has 2 aromatic rings. The van der Waals surface area contributed by atoms with Crippen molar-refractivity contribution in [3.8, 4) is 5.75 Å². The minimum absolute atomic E-state index is 0.0643.